The average molecular weight is 290 g/mol. The molecule has 1 saturated heterocycles. The second-order valence-electron chi connectivity index (χ2n) is 3.72. The summed E-state index contributed by atoms with van der Waals surface area (Å²) in [4.78, 5) is 10.9. The number of amides is 1. The first-order chi connectivity index (χ1) is 7.39. The van der Waals surface area contributed by atoms with Gasteiger partial charge < -0.3 is 10.1 Å². The fourth-order valence-electron chi connectivity index (χ4n) is 1.51. The molecule has 1 amide bonds. The highest BCUT2D eigenvalue weighted by Crippen LogP contribution is 2.29. The van der Waals surface area contributed by atoms with E-state index in [1.165, 1.54) is 6.92 Å². The Kier molecular flexibility index (Phi) is 5.61. The Hall–Kier alpha value is 0.260. The Morgan fingerprint density at radius 1 is 1.56 bits per heavy atom. The minimum absolute atomic E-state index is 0.128. The summed E-state index contributed by atoms with van der Waals surface area (Å²) in [5.41, 5.74) is 0. The van der Waals surface area contributed by atoms with E-state index in [0.717, 1.165) is 19.4 Å². The maximum atomic E-state index is 10.9. The zero-order chi connectivity index (χ0) is 12.2. The number of carbonyl (C=O) groups is 1. The van der Waals surface area contributed by atoms with E-state index >= 15 is 0 Å². The van der Waals surface area contributed by atoms with E-state index < -0.39 is 9.96 Å². The molecule has 0 bridgehead atoms. The summed E-state index contributed by atoms with van der Waals surface area (Å²) in [6.45, 7) is 2.70. The van der Waals surface area contributed by atoms with Crippen LogP contribution in [-0.4, -0.2) is 35.1 Å². The van der Waals surface area contributed by atoms with Gasteiger partial charge in [0.2, 0.25) is 9.70 Å². The largest absolute Gasteiger partial charge is 0.377 e. The third kappa shape index (κ3) is 5.06. The summed E-state index contributed by atoms with van der Waals surface area (Å²) >= 11 is 17.2. The molecule has 0 aromatic carbocycles. The van der Waals surface area contributed by atoms with E-state index in [9.17, 15) is 4.79 Å². The van der Waals surface area contributed by atoms with Crippen LogP contribution < -0.4 is 10.6 Å². The summed E-state index contributed by atoms with van der Waals surface area (Å²) in [7, 11) is 0. The second-order valence-corrected chi connectivity index (χ2v) is 6.09. The summed E-state index contributed by atoms with van der Waals surface area (Å²) in [6, 6.07) is 0. The van der Waals surface area contributed by atoms with Crippen LogP contribution in [0.25, 0.3) is 0 Å². The van der Waals surface area contributed by atoms with Crippen LogP contribution >= 0.6 is 34.8 Å². The Balaban J connectivity index is 2.40. The molecule has 1 aliphatic rings. The molecule has 2 N–H and O–H groups in total. The minimum atomic E-state index is -1.58. The monoisotopic (exact) mass is 288 g/mol. The fourth-order valence-corrected chi connectivity index (χ4v) is 1.90. The lowest BCUT2D eigenvalue weighted by atomic mass is 10.2. The number of rotatable bonds is 4. The van der Waals surface area contributed by atoms with Crippen LogP contribution in [0.2, 0.25) is 0 Å². The molecule has 0 spiro atoms. The summed E-state index contributed by atoms with van der Waals surface area (Å²) < 4.78 is 3.84. The first-order valence-electron chi connectivity index (χ1n) is 5.08. The molecule has 0 aliphatic carbocycles. The molecule has 7 heteroatoms. The summed E-state index contributed by atoms with van der Waals surface area (Å²) in [5, 5.41) is 5.52. The fraction of sp³-hybridized carbons (Fsp3) is 0.889. The van der Waals surface area contributed by atoms with Crippen molar-refractivity contribution in [3.05, 3.63) is 0 Å². The standard InChI is InChI=1S/C9H15Cl3N2O2/c1-6(15)14-8(9(10,11)12)13-5-7-3-2-4-16-7/h7-8,13H,2-5H2,1H3,(H,14,15)/t7-,8-/m0/s1. The van der Waals surface area contributed by atoms with Crippen LogP contribution in [0.4, 0.5) is 0 Å². The highest BCUT2D eigenvalue weighted by Gasteiger charge is 2.33. The van der Waals surface area contributed by atoms with Crippen molar-refractivity contribution in [2.24, 2.45) is 0 Å². The van der Waals surface area contributed by atoms with Crippen LogP contribution in [0.15, 0.2) is 0 Å². The lowest BCUT2D eigenvalue weighted by Crippen LogP contribution is -2.54. The lowest BCUT2D eigenvalue weighted by molar-refractivity contribution is -0.119. The first-order valence-corrected chi connectivity index (χ1v) is 6.22. The molecule has 1 heterocycles. The molecule has 16 heavy (non-hydrogen) atoms. The van der Waals surface area contributed by atoms with Gasteiger partial charge in [0.25, 0.3) is 0 Å². The molecular formula is C9H15Cl3N2O2. The predicted molar refractivity (Wildman–Crippen MR) is 64.9 cm³/mol. The quantitative estimate of drug-likeness (QED) is 0.610. The first kappa shape index (κ1) is 14.3. The average Bonchev–Trinajstić information content (AvgIpc) is 2.62. The third-order valence-electron chi connectivity index (χ3n) is 2.25. The Morgan fingerprint density at radius 2 is 2.25 bits per heavy atom. The number of nitrogens with one attached hydrogen (secondary N) is 2. The van der Waals surface area contributed by atoms with Gasteiger partial charge in [0, 0.05) is 20.1 Å². The molecule has 94 valence electrons. The maximum absolute atomic E-state index is 10.9. The van der Waals surface area contributed by atoms with E-state index in [4.69, 9.17) is 39.5 Å². The van der Waals surface area contributed by atoms with Crippen molar-refractivity contribution < 1.29 is 9.53 Å². The highest BCUT2D eigenvalue weighted by atomic mass is 35.6. The number of ether oxygens (including phenoxy) is 1. The predicted octanol–water partition coefficient (Wildman–Crippen LogP) is 1.59. The molecule has 1 aliphatic heterocycles. The smallest absolute Gasteiger partial charge is 0.223 e. The summed E-state index contributed by atoms with van der Waals surface area (Å²) in [6.07, 6.45) is 1.45. The number of carbonyl (C=O) groups excluding carboxylic acids is 1. The van der Waals surface area contributed by atoms with Gasteiger partial charge in [-0.1, -0.05) is 34.8 Å². The molecule has 0 saturated carbocycles. The van der Waals surface area contributed by atoms with Gasteiger partial charge in [-0.2, -0.15) is 0 Å². The minimum Gasteiger partial charge on any atom is -0.377 e. The van der Waals surface area contributed by atoms with Crippen LogP contribution in [-0.2, 0) is 9.53 Å². The molecular weight excluding hydrogens is 274 g/mol. The summed E-state index contributed by atoms with van der Waals surface area (Å²) in [5.74, 6) is -0.254. The van der Waals surface area contributed by atoms with Crippen molar-refractivity contribution in [2.45, 2.75) is 35.8 Å². The van der Waals surface area contributed by atoms with E-state index in [1.54, 1.807) is 0 Å². The second kappa shape index (κ2) is 6.26. The van der Waals surface area contributed by atoms with Crippen molar-refractivity contribution in [1.29, 1.82) is 0 Å². The van der Waals surface area contributed by atoms with Crippen molar-refractivity contribution in [2.75, 3.05) is 13.2 Å². The number of hydrogen-bond donors (Lipinski definition) is 2. The van der Waals surface area contributed by atoms with Crippen molar-refractivity contribution in [1.82, 2.24) is 10.6 Å². The molecule has 0 aromatic heterocycles. The number of alkyl halides is 3. The molecule has 0 unspecified atom stereocenters. The van der Waals surface area contributed by atoms with Crippen LogP contribution in [0.1, 0.15) is 19.8 Å². The molecule has 0 aromatic rings. The zero-order valence-electron chi connectivity index (χ0n) is 8.93. The molecule has 0 radical (unpaired) electrons. The van der Waals surface area contributed by atoms with Crippen molar-refractivity contribution in [3.63, 3.8) is 0 Å². The van der Waals surface area contributed by atoms with Crippen LogP contribution in [0.3, 0.4) is 0 Å². The lowest BCUT2D eigenvalue weighted by Gasteiger charge is -2.27. The van der Waals surface area contributed by atoms with Gasteiger partial charge in [-0.3, -0.25) is 10.1 Å². The van der Waals surface area contributed by atoms with Gasteiger partial charge in [-0.25, -0.2) is 0 Å². The van der Waals surface area contributed by atoms with Gasteiger partial charge in [-0.15, -0.1) is 0 Å². The zero-order valence-corrected chi connectivity index (χ0v) is 11.2. The normalized spacial score (nSPS) is 23.1. The molecule has 4 nitrogen and oxygen atoms in total. The van der Waals surface area contributed by atoms with Crippen LogP contribution in [0, 0.1) is 0 Å². The van der Waals surface area contributed by atoms with Gasteiger partial charge in [0.1, 0.15) is 6.17 Å². The SMILES string of the molecule is CC(=O)N[C@H](NC[C@@H]1CCCO1)C(Cl)(Cl)Cl. The molecule has 1 rings (SSSR count). The number of hydrogen-bond acceptors (Lipinski definition) is 3. The number of halogens is 3. The van der Waals surface area contributed by atoms with Gasteiger partial charge >= 0.3 is 0 Å². The maximum Gasteiger partial charge on any atom is 0.223 e. The highest BCUT2D eigenvalue weighted by molar-refractivity contribution is 6.68. The Bertz CT molecular complexity index is 239. The van der Waals surface area contributed by atoms with E-state index in [0.29, 0.717) is 6.54 Å². The Labute approximate surface area is 110 Å². The Morgan fingerprint density at radius 3 is 2.69 bits per heavy atom. The van der Waals surface area contributed by atoms with E-state index in [-0.39, 0.29) is 12.0 Å². The third-order valence-corrected chi connectivity index (χ3v) is 2.90. The van der Waals surface area contributed by atoms with Crippen LogP contribution in [0.5, 0.6) is 0 Å². The van der Waals surface area contributed by atoms with Crippen molar-refractivity contribution in [3.8, 4) is 0 Å². The topological polar surface area (TPSA) is 50.4 Å². The van der Waals surface area contributed by atoms with Gasteiger partial charge in [-0.05, 0) is 12.8 Å². The van der Waals surface area contributed by atoms with E-state index in [1.807, 2.05) is 0 Å². The molecule has 2 atom stereocenters. The van der Waals surface area contributed by atoms with Crippen molar-refractivity contribution >= 4 is 40.7 Å². The van der Waals surface area contributed by atoms with E-state index in [2.05, 4.69) is 10.6 Å². The van der Waals surface area contributed by atoms with Gasteiger partial charge in [0.05, 0.1) is 6.10 Å². The molecule has 1 fully saturated rings. The van der Waals surface area contributed by atoms with Gasteiger partial charge in [0.15, 0.2) is 0 Å².